The Bertz CT molecular complexity index is 897. The van der Waals surface area contributed by atoms with Crippen LogP contribution in [0.15, 0.2) is 42.2 Å². The van der Waals surface area contributed by atoms with Crippen molar-refractivity contribution in [3.63, 3.8) is 0 Å². The maximum Gasteiger partial charge on any atom is 0.310 e. The van der Waals surface area contributed by atoms with Gasteiger partial charge in [-0.2, -0.15) is 0 Å². The van der Waals surface area contributed by atoms with Crippen molar-refractivity contribution in [2.75, 3.05) is 14.2 Å². The molecular formula is C20H18O6. The first-order valence-corrected chi connectivity index (χ1v) is 8.07. The standard InChI is InChI=1S/C20H18O6/c1-4-18(21)25-13-8-9-14-16(11-13)26-17(19(14)22)10-12-6-5-7-15(23-2)20(12)24-3/h5-11H,4H2,1-3H3/b17-10-. The van der Waals surface area contributed by atoms with E-state index in [0.29, 0.717) is 34.1 Å². The molecule has 1 aliphatic heterocycles. The molecule has 2 aromatic rings. The van der Waals surface area contributed by atoms with E-state index in [4.69, 9.17) is 18.9 Å². The zero-order valence-electron chi connectivity index (χ0n) is 14.7. The van der Waals surface area contributed by atoms with Gasteiger partial charge in [-0.3, -0.25) is 9.59 Å². The highest BCUT2D eigenvalue weighted by atomic mass is 16.5. The molecule has 0 saturated carbocycles. The van der Waals surface area contributed by atoms with E-state index < -0.39 is 0 Å². The number of Topliss-reactive ketones (excluding diaryl/α,β-unsaturated/α-hetero) is 1. The molecule has 0 fully saturated rings. The Morgan fingerprint density at radius 3 is 2.65 bits per heavy atom. The summed E-state index contributed by atoms with van der Waals surface area (Å²) in [6.07, 6.45) is 1.86. The fraction of sp³-hybridized carbons (Fsp3) is 0.200. The number of hydrogen-bond acceptors (Lipinski definition) is 6. The largest absolute Gasteiger partial charge is 0.493 e. The molecule has 1 heterocycles. The van der Waals surface area contributed by atoms with Gasteiger partial charge >= 0.3 is 5.97 Å². The maximum absolute atomic E-state index is 12.6. The van der Waals surface area contributed by atoms with E-state index in [2.05, 4.69) is 0 Å². The third-order valence-corrected chi connectivity index (χ3v) is 3.88. The summed E-state index contributed by atoms with van der Waals surface area (Å²) in [4.78, 5) is 24.0. The molecule has 1 aliphatic rings. The van der Waals surface area contributed by atoms with Crippen LogP contribution in [0, 0.1) is 0 Å². The predicted octanol–water partition coefficient (Wildman–Crippen LogP) is 3.64. The molecule has 0 N–H and O–H groups in total. The van der Waals surface area contributed by atoms with Crippen molar-refractivity contribution < 1.29 is 28.5 Å². The number of benzene rings is 2. The molecule has 2 aromatic carbocycles. The van der Waals surface area contributed by atoms with E-state index in [1.165, 1.54) is 13.2 Å². The summed E-state index contributed by atoms with van der Waals surface area (Å²) < 4.78 is 21.5. The van der Waals surface area contributed by atoms with Crippen molar-refractivity contribution in [1.82, 2.24) is 0 Å². The highest BCUT2D eigenvalue weighted by molar-refractivity contribution is 6.14. The predicted molar refractivity (Wildman–Crippen MR) is 94.8 cm³/mol. The molecule has 0 saturated heterocycles. The van der Waals surface area contributed by atoms with Crippen LogP contribution in [0.25, 0.3) is 6.08 Å². The summed E-state index contributed by atoms with van der Waals surface area (Å²) in [5.74, 6) is 1.30. The van der Waals surface area contributed by atoms with Crippen LogP contribution in [0.1, 0.15) is 29.3 Å². The molecule has 0 aromatic heterocycles. The molecule has 6 nitrogen and oxygen atoms in total. The van der Waals surface area contributed by atoms with Gasteiger partial charge in [0.05, 0.1) is 19.8 Å². The summed E-state index contributed by atoms with van der Waals surface area (Å²) in [7, 11) is 3.07. The molecule has 0 atom stereocenters. The van der Waals surface area contributed by atoms with E-state index in [0.717, 1.165) is 0 Å². The summed E-state index contributed by atoms with van der Waals surface area (Å²) in [6.45, 7) is 1.71. The fourth-order valence-electron chi connectivity index (χ4n) is 2.60. The van der Waals surface area contributed by atoms with Crippen LogP contribution in [0.2, 0.25) is 0 Å². The first-order valence-electron chi connectivity index (χ1n) is 8.07. The number of rotatable bonds is 5. The second-order valence-corrected chi connectivity index (χ2v) is 5.51. The Kier molecular flexibility index (Phi) is 4.93. The number of carbonyl (C=O) groups excluding carboxylic acids is 2. The van der Waals surface area contributed by atoms with Gasteiger partial charge in [-0.25, -0.2) is 0 Å². The zero-order chi connectivity index (χ0) is 18.7. The number of ketones is 1. The summed E-state index contributed by atoms with van der Waals surface area (Å²) in [6, 6.07) is 10.0. The smallest absolute Gasteiger partial charge is 0.310 e. The minimum atomic E-state index is -0.355. The van der Waals surface area contributed by atoms with Crippen molar-refractivity contribution in [2.45, 2.75) is 13.3 Å². The average molecular weight is 354 g/mol. The lowest BCUT2D eigenvalue weighted by Gasteiger charge is -2.10. The minimum absolute atomic E-state index is 0.158. The molecule has 0 radical (unpaired) electrons. The Hall–Kier alpha value is -3.28. The molecular weight excluding hydrogens is 336 g/mol. The van der Waals surface area contributed by atoms with Crippen LogP contribution in [0.3, 0.4) is 0 Å². The minimum Gasteiger partial charge on any atom is -0.493 e. The lowest BCUT2D eigenvalue weighted by Crippen LogP contribution is -2.05. The van der Waals surface area contributed by atoms with E-state index in [1.54, 1.807) is 50.4 Å². The number of para-hydroxylation sites is 1. The number of allylic oxidation sites excluding steroid dienone is 1. The van der Waals surface area contributed by atoms with Crippen LogP contribution in [0.4, 0.5) is 0 Å². The highest BCUT2D eigenvalue weighted by Gasteiger charge is 2.28. The van der Waals surface area contributed by atoms with Crippen LogP contribution in [0.5, 0.6) is 23.0 Å². The van der Waals surface area contributed by atoms with Gasteiger partial charge in [0, 0.05) is 18.1 Å². The molecule has 0 spiro atoms. The van der Waals surface area contributed by atoms with Crippen molar-refractivity contribution in [2.24, 2.45) is 0 Å². The van der Waals surface area contributed by atoms with E-state index in [1.807, 2.05) is 0 Å². The number of carbonyl (C=O) groups is 2. The molecule has 26 heavy (non-hydrogen) atoms. The van der Waals surface area contributed by atoms with Crippen LogP contribution >= 0.6 is 0 Å². The van der Waals surface area contributed by atoms with Crippen molar-refractivity contribution in [1.29, 1.82) is 0 Å². The van der Waals surface area contributed by atoms with Crippen LogP contribution in [-0.4, -0.2) is 26.0 Å². The first-order chi connectivity index (χ1) is 12.6. The normalized spacial score (nSPS) is 14.0. The lowest BCUT2D eigenvalue weighted by molar-refractivity contribution is -0.134. The topological polar surface area (TPSA) is 71.1 Å². The summed E-state index contributed by atoms with van der Waals surface area (Å²) in [5, 5.41) is 0. The molecule has 0 unspecified atom stereocenters. The van der Waals surface area contributed by atoms with Crippen LogP contribution in [-0.2, 0) is 4.79 Å². The Morgan fingerprint density at radius 2 is 1.96 bits per heavy atom. The quantitative estimate of drug-likeness (QED) is 0.464. The third-order valence-electron chi connectivity index (χ3n) is 3.88. The lowest BCUT2D eigenvalue weighted by atomic mass is 10.1. The molecule has 6 heteroatoms. The van der Waals surface area contributed by atoms with Gasteiger partial charge in [-0.05, 0) is 24.3 Å². The number of methoxy groups -OCH3 is 2. The van der Waals surface area contributed by atoms with Gasteiger partial charge in [-0.1, -0.05) is 19.1 Å². The van der Waals surface area contributed by atoms with Crippen LogP contribution < -0.4 is 18.9 Å². The summed E-state index contributed by atoms with van der Waals surface area (Å²) >= 11 is 0. The molecule has 0 aliphatic carbocycles. The van der Waals surface area contributed by atoms with E-state index in [9.17, 15) is 9.59 Å². The second-order valence-electron chi connectivity index (χ2n) is 5.51. The van der Waals surface area contributed by atoms with Gasteiger partial charge in [0.2, 0.25) is 5.78 Å². The number of ether oxygens (including phenoxy) is 4. The molecule has 3 rings (SSSR count). The third kappa shape index (κ3) is 3.26. The Labute approximate surface area is 150 Å². The van der Waals surface area contributed by atoms with E-state index in [-0.39, 0.29) is 23.9 Å². The highest BCUT2D eigenvalue weighted by Crippen LogP contribution is 2.37. The van der Waals surface area contributed by atoms with Crippen molar-refractivity contribution >= 4 is 17.8 Å². The number of fused-ring (bicyclic) bond motifs is 1. The average Bonchev–Trinajstić information content (AvgIpc) is 2.96. The van der Waals surface area contributed by atoms with Gasteiger partial charge in [-0.15, -0.1) is 0 Å². The molecule has 0 amide bonds. The molecule has 0 bridgehead atoms. The molecule has 134 valence electrons. The van der Waals surface area contributed by atoms with Gasteiger partial charge < -0.3 is 18.9 Å². The Morgan fingerprint density at radius 1 is 1.15 bits per heavy atom. The summed E-state index contributed by atoms with van der Waals surface area (Å²) in [5.41, 5.74) is 1.06. The fourth-order valence-corrected chi connectivity index (χ4v) is 2.60. The zero-order valence-corrected chi connectivity index (χ0v) is 14.7. The second kappa shape index (κ2) is 7.31. The van der Waals surface area contributed by atoms with E-state index >= 15 is 0 Å². The van der Waals surface area contributed by atoms with Crippen molar-refractivity contribution in [3.8, 4) is 23.0 Å². The van der Waals surface area contributed by atoms with Gasteiger partial charge in [0.15, 0.2) is 17.3 Å². The first kappa shape index (κ1) is 17.5. The number of hydrogen-bond donors (Lipinski definition) is 0. The van der Waals surface area contributed by atoms with Crippen molar-refractivity contribution in [3.05, 3.63) is 53.3 Å². The van der Waals surface area contributed by atoms with Gasteiger partial charge in [0.25, 0.3) is 0 Å². The monoisotopic (exact) mass is 354 g/mol. The van der Waals surface area contributed by atoms with Gasteiger partial charge in [0.1, 0.15) is 11.5 Å². The maximum atomic E-state index is 12.6. The number of esters is 1. The Balaban J connectivity index is 1.93. The SMILES string of the molecule is CCC(=O)Oc1ccc2c(c1)O/C(=C\c1cccc(OC)c1OC)C2=O.